The standard InChI is InChI=1S/C14H20N4O2/c1-9(2)15-8-13-17-18-14(20-13)16-11-7-10(3)5-6-12(11)19-4/h5-7,9,15H,8H2,1-4H3,(H,16,18). The van der Waals surface area contributed by atoms with Crippen molar-refractivity contribution in [3.63, 3.8) is 0 Å². The van der Waals surface area contributed by atoms with E-state index in [0.29, 0.717) is 24.5 Å². The Morgan fingerprint density at radius 1 is 1.30 bits per heavy atom. The van der Waals surface area contributed by atoms with E-state index in [0.717, 1.165) is 17.0 Å². The summed E-state index contributed by atoms with van der Waals surface area (Å²) in [5.41, 5.74) is 1.93. The van der Waals surface area contributed by atoms with Crippen molar-refractivity contribution < 1.29 is 9.15 Å². The summed E-state index contributed by atoms with van der Waals surface area (Å²) in [4.78, 5) is 0. The van der Waals surface area contributed by atoms with Crippen LogP contribution in [-0.4, -0.2) is 23.3 Å². The van der Waals surface area contributed by atoms with Gasteiger partial charge in [-0.2, -0.15) is 0 Å². The molecule has 6 heteroatoms. The maximum Gasteiger partial charge on any atom is 0.320 e. The van der Waals surface area contributed by atoms with Crippen molar-refractivity contribution in [2.24, 2.45) is 0 Å². The number of hydrogen-bond donors (Lipinski definition) is 2. The molecule has 0 spiro atoms. The van der Waals surface area contributed by atoms with Crippen molar-refractivity contribution in [3.05, 3.63) is 29.7 Å². The number of rotatable bonds is 6. The van der Waals surface area contributed by atoms with Crippen LogP contribution in [0.25, 0.3) is 0 Å². The van der Waals surface area contributed by atoms with Crippen molar-refractivity contribution in [3.8, 4) is 5.75 Å². The van der Waals surface area contributed by atoms with Gasteiger partial charge in [0.25, 0.3) is 0 Å². The Labute approximate surface area is 118 Å². The molecule has 0 fully saturated rings. The third-order valence-corrected chi connectivity index (χ3v) is 2.72. The van der Waals surface area contributed by atoms with Gasteiger partial charge in [0, 0.05) is 6.04 Å². The van der Waals surface area contributed by atoms with Gasteiger partial charge in [-0.25, -0.2) is 0 Å². The Hall–Kier alpha value is -2.08. The first-order valence-electron chi connectivity index (χ1n) is 6.56. The molecule has 0 aliphatic heterocycles. The average Bonchev–Trinajstić information content (AvgIpc) is 2.84. The second-order valence-corrected chi connectivity index (χ2v) is 4.87. The van der Waals surface area contributed by atoms with E-state index in [9.17, 15) is 0 Å². The predicted molar refractivity (Wildman–Crippen MR) is 77.3 cm³/mol. The minimum Gasteiger partial charge on any atom is -0.495 e. The molecular formula is C14H20N4O2. The molecule has 0 aliphatic rings. The van der Waals surface area contributed by atoms with E-state index in [1.807, 2.05) is 25.1 Å². The number of nitrogens with zero attached hydrogens (tertiary/aromatic N) is 2. The van der Waals surface area contributed by atoms with Gasteiger partial charge in [-0.3, -0.25) is 0 Å². The molecule has 1 aromatic heterocycles. The van der Waals surface area contributed by atoms with Crippen molar-refractivity contribution in [1.29, 1.82) is 0 Å². The Kier molecular flexibility index (Phi) is 4.57. The van der Waals surface area contributed by atoms with Gasteiger partial charge in [0.15, 0.2) is 0 Å². The van der Waals surface area contributed by atoms with E-state index in [1.165, 1.54) is 0 Å². The molecule has 0 atom stereocenters. The van der Waals surface area contributed by atoms with Gasteiger partial charge in [-0.05, 0) is 24.6 Å². The van der Waals surface area contributed by atoms with Crippen LogP contribution in [0.2, 0.25) is 0 Å². The first-order valence-corrected chi connectivity index (χ1v) is 6.56. The van der Waals surface area contributed by atoms with Gasteiger partial charge in [0.1, 0.15) is 5.75 Å². The molecule has 0 amide bonds. The van der Waals surface area contributed by atoms with E-state index in [1.54, 1.807) is 7.11 Å². The molecule has 6 nitrogen and oxygen atoms in total. The topological polar surface area (TPSA) is 72.2 Å². The van der Waals surface area contributed by atoms with Crippen LogP contribution in [-0.2, 0) is 6.54 Å². The molecule has 0 unspecified atom stereocenters. The van der Waals surface area contributed by atoms with Crippen LogP contribution < -0.4 is 15.4 Å². The summed E-state index contributed by atoms with van der Waals surface area (Å²) in [5, 5.41) is 14.3. The van der Waals surface area contributed by atoms with Crippen LogP contribution >= 0.6 is 0 Å². The molecule has 0 aliphatic carbocycles. The first-order chi connectivity index (χ1) is 9.58. The highest BCUT2D eigenvalue weighted by molar-refractivity contribution is 5.62. The molecule has 2 rings (SSSR count). The fourth-order valence-corrected chi connectivity index (χ4v) is 1.70. The third-order valence-electron chi connectivity index (χ3n) is 2.72. The third kappa shape index (κ3) is 3.71. The van der Waals surface area contributed by atoms with E-state index in [2.05, 4.69) is 34.7 Å². The zero-order chi connectivity index (χ0) is 14.5. The molecule has 2 aromatic rings. The predicted octanol–water partition coefficient (Wildman–Crippen LogP) is 2.63. The molecule has 0 bridgehead atoms. The maximum absolute atomic E-state index is 5.53. The zero-order valence-electron chi connectivity index (χ0n) is 12.2. The van der Waals surface area contributed by atoms with E-state index >= 15 is 0 Å². The highest BCUT2D eigenvalue weighted by Gasteiger charge is 2.09. The molecule has 20 heavy (non-hydrogen) atoms. The Morgan fingerprint density at radius 2 is 2.10 bits per heavy atom. The van der Waals surface area contributed by atoms with Gasteiger partial charge >= 0.3 is 6.01 Å². The summed E-state index contributed by atoms with van der Waals surface area (Å²) in [5.74, 6) is 1.28. The minimum atomic E-state index is 0.356. The normalized spacial score (nSPS) is 10.8. The number of anilines is 2. The fourth-order valence-electron chi connectivity index (χ4n) is 1.70. The Morgan fingerprint density at radius 3 is 2.80 bits per heavy atom. The summed E-state index contributed by atoms with van der Waals surface area (Å²) < 4.78 is 10.8. The molecular weight excluding hydrogens is 256 g/mol. The lowest BCUT2D eigenvalue weighted by Crippen LogP contribution is -2.21. The smallest absolute Gasteiger partial charge is 0.320 e. The summed E-state index contributed by atoms with van der Waals surface area (Å²) >= 11 is 0. The van der Waals surface area contributed by atoms with E-state index in [4.69, 9.17) is 9.15 Å². The summed E-state index contributed by atoms with van der Waals surface area (Å²) in [7, 11) is 1.63. The van der Waals surface area contributed by atoms with Crippen LogP contribution in [0.1, 0.15) is 25.3 Å². The Balaban J connectivity index is 2.08. The number of benzene rings is 1. The van der Waals surface area contributed by atoms with Crippen molar-refractivity contribution in [2.75, 3.05) is 12.4 Å². The first kappa shape index (κ1) is 14.3. The molecule has 1 aromatic carbocycles. The fraction of sp³-hybridized carbons (Fsp3) is 0.429. The molecule has 108 valence electrons. The van der Waals surface area contributed by atoms with Gasteiger partial charge < -0.3 is 19.8 Å². The average molecular weight is 276 g/mol. The summed E-state index contributed by atoms with van der Waals surface area (Å²) in [6.45, 7) is 6.69. The second kappa shape index (κ2) is 6.38. The quantitative estimate of drug-likeness (QED) is 0.845. The van der Waals surface area contributed by atoms with Crippen LogP contribution in [0.4, 0.5) is 11.7 Å². The zero-order valence-corrected chi connectivity index (χ0v) is 12.2. The Bertz CT molecular complexity index is 566. The lowest BCUT2D eigenvalue weighted by Gasteiger charge is -2.08. The highest BCUT2D eigenvalue weighted by Crippen LogP contribution is 2.27. The molecule has 1 heterocycles. The molecule has 0 radical (unpaired) electrons. The number of ether oxygens (including phenoxy) is 1. The number of aryl methyl sites for hydroxylation is 1. The summed E-state index contributed by atoms with van der Waals surface area (Å²) in [6.07, 6.45) is 0. The maximum atomic E-state index is 5.53. The molecule has 0 saturated carbocycles. The number of aromatic nitrogens is 2. The van der Waals surface area contributed by atoms with Gasteiger partial charge in [0.2, 0.25) is 5.89 Å². The van der Waals surface area contributed by atoms with Gasteiger partial charge in [-0.15, -0.1) is 5.10 Å². The van der Waals surface area contributed by atoms with Crippen LogP contribution in [0, 0.1) is 6.92 Å². The van der Waals surface area contributed by atoms with E-state index in [-0.39, 0.29) is 0 Å². The van der Waals surface area contributed by atoms with Gasteiger partial charge in [-0.1, -0.05) is 25.0 Å². The molecule has 2 N–H and O–H groups in total. The van der Waals surface area contributed by atoms with Gasteiger partial charge in [0.05, 0.1) is 19.3 Å². The van der Waals surface area contributed by atoms with Crippen LogP contribution in [0.5, 0.6) is 5.75 Å². The second-order valence-electron chi connectivity index (χ2n) is 4.87. The SMILES string of the molecule is COc1ccc(C)cc1Nc1nnc(CNC(C)C)o1. The number of nitrogens with one attached hydrogen (secondary N) is 2. The molecule has 0 saturated heterocycles. The van der Waals surface area contributed by atoms with Crippen molar-refractivity contribution in [1.82, 2.24) is 15.5 Å². The lowest BCUT2D eigenvalue weighted by molar-refractivity contribution is 0.416. The number of hydrogen-bond acceptors (Lipinski definition) is 6. The monoisotopic (exact) mass is 276 g/mol. The van der Waals surface area contributed by atoms with Crippen LogP contribution in [0.15, 0.2) is 22.6 Å². The highest BCUT2D eigenvalue weighted by atomic mass is 16.5. The lowest BCUT2D eigenvalue weighted by atomic mass is 10.2. The number of methoxy groups -OCH3 is 1. The van der Waals surface area contributed by atoms with Crippen molar-refractivity contribution in [2.45, 2.75) is 33.4 Å². The summed E-state index contributed by atoms with van der Waals surface area (Å²) in [6, 6.07) is 6.57. The van der Waals surface area contributed by atoms with E-state index < -0.39 is 0 Å². The minimum absolute atomic E-state index is 0.356. The van der Waals surface area contributed by atoms with Crippen molar-refractivity contribution >= 4 is 11.7 Å². The largest absolute Gasteiger partial charge is 0.495 e. The van der Waals surface area contributed by atoms with Crippen LogP contribution in [0.3, 0.4) is 0 Å².